The van der Waals surface area contributed by atoms with Crippen LogP contribution in [0.2, 0.25) is 0 Å². The molecule has 0 aromatic carbocycles. The fraction of sp³-hybridized carbons (Fsp3) is 0.364. The maximum absolute atomic E-state index is 11.8. The third kappa shape index (κ3) is 2.68. The number of ether oxygens (including phenoxy) is 3. The minimum absolute atomic E-state index is 0.0214. The van der Waals surface area contributed by atoms with Gasteiger partial charge in [0.15, 0.2) is 17.3 Å². The van der Waals surface area contributed by atoms with Gasteiger partial charge in [-0.3, -0.25) is 9.59 Å². The van der Waals surface area contributed by atoms with E-state index in [-0.39, 0.29) is 23.7 Å². The molecule has 0 saturated heterocycles. The summed E-state index contributed by atoms with van der Waals surface area (Å²) < 4.78 is 14.3. The van der Waals surface area contributed by atoms with E-state index in [1.807, 2.05) is 0 Å². The number of amides is 1. The van der Waals surface area contributed by atoms with Crippen molar-refractivity contribution >= 4 is 17.7 Å². The summed E-state index contributed by atoms with van der Waals surface area (Å²) in [6, 6.07) is 0. The zero-order valence-corrected chi connectivity index (χ0v) is 10.2. The van der Waals surface area contributed by atoms with Gasteiger partial charge in [-0.2, -0.15) is 0 Å². The molecule has 0 fully saturated rings. The second-order valence-corrected chi connectivity index (χ2v) is 3.24. The average molecular weight is 255 g/mol. The fourth-order valence-electron chi connectivity index (χ4n) is 1.35. The summed E-state index contributed by atoms with van der Waals surface area (Å²) in [6.07, 6.45) is 0.327. The third-order valence-corrected chi connectivity index (χ3v) is 2.24. The molecule has 7 heteroatoms. The van der Waals surface area contributed by atoms with E-state index < -0.39 is 17.7 Å². The monoisotopic (exact) mass is 255 g/mol. The summed E-state index contributed by atoms with van der Waals surface area (Å²) in [5.41, 5.74) is -0.0214. The lowest BCUT2D eigenvalue weighted by Gasteiger charge is -2.16. The zero-order valence-electron chi connectivity index (χ0n) is 10.2. The van der Waals surface area contributed by atoms with Gasteiger partial charge in [0.2, 0.25) is 0 Å². The van der Waals surface area contributed by atoms with Crippen LogP contribution in [-0.4, -0.2) is 45.5 Å². The first kappa shape index (κ1) is 13.8. The summed E-state index contributed by atoms with van der Waals surface area (Å²) in [5, 5.41) is 2.22. The van der Waals surface area contributed by atoms with E-state index in [9.17, 15) is 14.4 Å². The van der Waals surface area contributed by atoms with E-state index in [2.05, 4.69) is 5.32 Å². The molecule has 1 aliphatic carbocycles. The molecule has 7 nitrogen and oxygen atoms in total. The summed E-state index contributed by atoms with van der Waals surface area (Å²) in [5.74, 6) is -1.34. The molecule has 18 heavy (non-hydrogen) atoms. The van der Waals surface area contributed by atoms with Gasteiger partial charge in [0, 0.05) is 13.1 Å². The fourth-order valence-corrected chi connectivity index (χ4v) is 1.35. The molecule has 0 aromatic heterocycles. The molecular formula is C11H13NO6. The van der Waals surface area contributed by atoms with Gasteiger partial charge in [-0.25, -0.2) is 4.79 Å². The summed E-state index contributed by atoms with van der Waals surface area (Å²) in [6.45, 7) is -0.346. The van der Waals surface area contributed by atoms with Crippen molar-refractivity contribution in [1.29, 1.82) is 0 Å². The highest BCUT2D eigenvalue weighted by atomic mass is 16.5. The van der Waals surface area contributed by atoms with Gasteiger partial charge < -0.3 is 19.5 Å². The largest absolute Gasteiger partial charge is 0.492 e. The Morgan fingerprint density at radius 1 is 1.28 bits per heavy atom. The van der Waals surface area contributed by atoms with E-state index in [1.54, 1.807) is 0 Å². The number of rotatable bonds is 4. The predicted octanol–water partition coefficient (Wildman–Crippen LogP) is -0.0750. The van der Waals surface area contributed by atoms with Crippen molar-refractivity contribution in [2.24, 2.45) is 0 Å². The molecule has 0 aromatic rings. The van der Waals surface area contributed by atoms with Crippen LogP contribution in [0.1, 0.15) is 0 Å². The van der Waals surface area contributed by atoms with Crippen molar-refractivity contribution < 1.29 is 28.6 Å². The van der Waals surface area contributed by atoms with Crippen molar-refractivity contribution in [3.8, 4) is 0 Å². The number of ketones is 2. The first-order valence-corrected chi connectivity index (χ1v) is 5.01. The molecule has 0 bridgehead atoms. The Morgan fingerprint density at radius 2 is 1.94 bits per heavy atom. The lowest BCUT2D eigenvalue weighted by molar-refractivity contribution is -0.121. The number of nitrogens with one attached hydrogen (secondary N) is 1. The predicted molar refractivity (Wildman–Crippen MR) is 59.5 cm³/mol. The van der Waals surface area contributed by atoms with Crippen LogP contribution in [0, 0.1) is 0 Å². The number of methoxy groups -OCH3 is 2. The standard InChI is InChI=1S/C11H13NO6/c1-12-11(15)18-5-6-7(13)4-8(16-2)9(14)10(6)17-3/h4H,5H2,1-3H3,(H,12,15). The van der Waals surface area contributed by atoms with Crippen LogP contribution < -0.4 is 5.32 Å². The van der Waals surface area contributed by atoms with Crippen LogP contribution in [0.15, 0.2) is 23.2 Å². The van der Waals surface area contributed by atoms with Crippen LogP contribution in [0.3, 0.4) is 0 Å². The number of carbonyl (C=O) groups is 3. The van der Waals surface area contributed by atoms with Crippen molar-refractivity contribution in [2.75, 3.05) is 27.9 Å². The van der Waals surface area contributed by atoms with Gasteiger partial charge >= 0.3 is 6.09 Å². The Hall–Kier alpha value is -2.31. The number of hydrogen-bond donors (Lipinski definition) is 1. The normalized spacial score (nSPS) is 15.2. The van der Waals surface area contributed by atoms with E-state index in [0.717, 1.165) is 6.08 Å². The molecule has 1 N–H and O–H groups in total. The van der Waals surface area contributed by atoms with Gasteiger partial charge in [-0.05, 0) is 0 Å². The van der Waals surface area contributed by atoms with Gasteiger partial charge in [-0.1, -0.05) is 0 Å². The second kappa shape index (κ2) is 5.85. The second-order valence-electron chi connectivity index (χ2n) is 3.24. The topological polar surface area (TPSA) is 90.9 Å². The van der Waals surface area contributed by atoms with Crippen molar-refractivity contribution in [3.05, 3.63) is 23.2 Å². The first-order valence-electron chi connectivity index (χ1n) is 5.01. The highest BCUT2D eigenvalue weighted by Crippen LogP contribution is 2.20. The third-order valence-electron chi connectivity index (χ3n) is 2.24. The molecule has 0 atom stereocenters. The molecule has 0 unspecified atom stereocenters. The van der Waals surface area contributed by atoms with Crippen LogP contribution in [0.25, 0.3) is 0 Å². The molecule has 1 rings (SSSR count). The van der Waals surface area contributed by atoms with Gasteiger partial charge in [0.05, 0.1) is 19.8 Å². The Morgan fingerprint density at radius 3 is 2.44 bits per heavy atom. The van der Waals surface area contributed by atoms with Crippen LogP contribution >= 0.6 is 0 Å². The van der Waals surface area contributed by atoms with Gasteiger partial charge in [0.25, 0.3) is 5.78 Å². The number of allylic oxidation sites excluding steroid dienone is 1. The Bertz CT molecular complexity index is 448. The molecule has 0 spiro atoms. The van der Waals surface area contributed by atoms with Gasteiger partial charge in [-0.15, -0.1) is 0 Å². The maximum Gasteiger partial charge on any atom is 0.407 e. The smallest absolute Gasteiger partial charge is 0.407 e. The van der Waals surface area contributed by atoms with E-state index >= 15 is 0 Å². The summed E-state index contributed by atoms with van der Waals surface area (Å²) in [7, 11) is 3.90. The molecule has 1 amide bonds. The van der Waals surface area contributed by atoms with E-state index in [0.29, 0.717) is 0 Å². The molecule has 0 saturated carbocycles. The highest BCUT2D eigenvalue weighted by Gasteiger charge is 2.31. The molecule has 0 aliphatic heterocycles. The highest BCUT2D eigenvalue weighted by molar-refractivity contribution is 6.21. The molecule has 98 valence electrons. The Labute approximate surface area is 103 Å². The molecular weight excluding hydrogens is 242 g/mol. The summed E-state index contributed by atoms with van der Waals surface area (Å²) >= 11 is 0. The number of Topliss-reactive ketones (excluding diaryl/α,β-unsaturated/α-hetero) is 1. The van der Waals surface area contributed by atoms with Crippen molar-refractivity contribution in [1.82, 2.24) is 5.32 Å². The zero-order chi connectivity index (χ0) is 13.7. The van der Waals surface area contributed by atoms with Gasteiger partial charge in [0.1, 0.15) is 6.61 Å². The Balaban J connectivity index is 2.96. The summed E-state index contributed by atoms with van der Waals surface area (Å²) in [4.78, 5) is 34.4. The Kier molecular flexibility index (Phi) is 4.47. The van der Waals surface area contributed by atoms with Crippen molar-refractivity contribution in [2.45, 2.75) is 0 Å². The number of alkyl carbamates (subject to hydrolysis) is 1. The molecule has 1 aliphatic rings. The molecule has 0 radical (unpaired) electrons. The van der Waals surface area contributed by atoms with Crippen LogP contribution in [-0.2, 0) is 23.8 Å². The first-order chi connectivity index (χ1) is 8.54. The minimum Gasteiger partial charge on any atom is -0.492 e. The molecule has 0 heterocycles. The lowest BCUT2D eigenvalue weighted by Crippen LogP contribution is -2.27. The van der Waals surface area contributed by atoms with Crippen LogP contribution in [0.5, 0.6) is 0 Å². The lowest BCUT2D eigenvalue weighted by atomic mass is 10.0. The van der Waals surface area contributed by atoms with Crippen LogP contribution in [0.4, 0.5) is 4.79 Å². The quantitative estimate of drug-likeness (QED) is 0.707. The van der Waals surface area contributed by atoms with E-state index in [1.165, 1.54) is 21.3 Å². The SMILES string of the molecule is CNC(=O)OCC1=C(OC)C(=O)C(OC)=CC1=O. The number of carbonyl (C=O) groups excluding carboxylic acids is 3. The average Bonchev–Trinajstić information content (AvgIpc) is 2.38. The van der Waals surface area contributed by atoms with Crippen molar-refractivity contribution in [3.63, 3.8) is 0 Å². The number of hydrogen-bond acceptors (Lipinski definition) is 6. The minimum atomic E-state index is -0.709. The van der Waals surface area contributed by atoms with E-state index in [4.69, 9.17) is 14.2 Å². The maximum atomic E-state index is 11.8.